The Kier molecular flexibility index (Phi) is 4.00. The van der Waals surface area contributed by atoms with E-state index in [0.717, 1.165) is 6.26 Å². The highest BCUT2D eigenvalue weighted by molar-refractivity contribution is 7.90. The van der Waals surface area contributed by atoms with Gasteiger partial charge in [0.05, 0.1) is 11.9 Å². The van der Waals surface area contributed by atoms with Crippen molar-refractivity contribution < 1.29 is 13.5 Å². The monoisotopic (exact) mass is 268 g/mol. The maximum absolute atomic E-state index is 11.0. The smallest absolute Gasteiger partial charge is 0.150 e. The minimum atomic E-state index is -3.23. The highest BCUT2D eigenvalue weighted by Crippen LogP contribution is 2.24. The van der Waals surface area contributed by atoms with Gasteiger partial charge in [-0.2, -0.15) is 0 Å². The van der Waals surface area contributed by atoms with Gasteiger partial charge in [0, 0.05) is 16.3 Å². The Hall–Kier alpha value is -0.290. The van der Waals surface area contributed by atoms with Crippen LogP contribution in [0.4, 0.5) is 0 Å². The molecule has 3 nitrogen and oxygen atoms in total. The van der Waals surface area contributed by atoms with Crippen LogP contribution in [0.5, 0.6) is 0 Å². The fourth-order valence-electron chi connectivity index (χ4n) is 1.15. The van der Waals surface area contributed by atoms with E-state index < -0.39 is 15.9 Å². The molecule has 6 heteroatoms. The lowest BCUT2D eigenvalue weighted by atomic mass is 10.1. The molecular weight excluding hydrogens is 259 g/mol. The standard InChI is InChI=1S/C9H10Cl2O3S/c1-15(13,14)5-9(12)6-2-7(10)4-8(11)3-6/h2-4,9,12H,5H2,1H3. The summed E-state index contributed by atoms with van der Waals surface area (Å²) in [6.07, 6.45) is -0.0428. The van der Waals surface area contributed by atoms with E-state index in [9.17, 15) is 13.5 Å². The van der Waals surface area contributed by atoms with Crippen molar-refractivity contribution in [3.05, 3.63) is 33.8 Å². The Balaban J connectivity index is 2.96. The molecular formula is C9H10Cl2O3S. The molecule has 0 saturated carbocycles. The zero-order chi connectivity index (χ0) is 11.6. The lowest BCUT2D eigenvalue weighted by Gasteiger charge is -2.10. The molecule has 1 aromatic rings. The average Bonchev–Trinajstić information content (AvgIpc) is 1.98. The largest absolute Gasteiger partial charge is 0.387 e. The van der Waals surface area contributed by atoms with Crippen molar-refractivity contribution in [2.45, 2.75) is 6.10 Å². The second-order valence-corrected chi connectivity index (χ2v) is 6.37. The summed E-state index contributed by atoms with van der Waals surface area (Å²) < 4.78 is 21.9. The van der Waals surface area contributed by atoms with E-state index in [1.54, 1.807) is 0 Å². The van der Waals surface area contributed by atoms with Gasteiger partial charge in [-0.05, 0) is 23.8 Å². The van der Waals surface area contributed by atoms with Crippen LogP contribution in [0.15, 0.2) is 18.2 Å². The highest BCUT2D eigenvalue weighted by atomic mass is 35.5. The summed E-state index contributed by atoms with van der Waals surface area (Å²) in [5, 5.41) is 10.3. The van der Waals surface area contributed by atoms with Crippen LogP contribution in [0.25, 0.3) is 0 Å². The van der Waals surface area contributed by atoms with Gasteiger partial charge in [0.15, 0.2) is 0 Å². The average molecular weight is 269 g/mol. The van der Waals surface area contributed by atoms with Crippen molar-refractivity contribution in [1.82, 2.24) is 0 Å². The van der Waals surface area contributed by atoms with Crippen molar-refractivity contribution in [3.8, 4) is 0 Å². The Labute approximate surface area is 98.6 Å². The lowest BCUT2D eigenvalue weighted by Crippen LogP contribution is -2.12. The van der Waals surface area contributed by atoms with Gasteiger partial charge in [-0.15, -0.1) is 0 Å². The summed E-state index contributed by atoms with van der Waals surface area (Å²) >= 11 is 11.4. The van der Waals surface area contributed by atoms with Crippen LogP contribution in [0.1, 0.15) is 11.7 Å². The molecule has 84 valence electrons. The Morgan fingerprint density at radius 3 is 2.13 bits per heavy atom. The predicted octanol–water partition coefficient (Wildman–Crippen LogP) is 2.07. The van der Waals surface area contributed by atoms with Crippen LogP contribution in [0.3, 0.4) is 0 Å². The maximum atomic E-state index is 11.0. The summed E-state index contributed by atoms with van der Waals surface area (Å²) in [7, 11) is -3.23. The fraction of sp³-hybridized carbons (Fsp3) is 0.333. The molecule has 0 amide bonds. The Morgan fingerprint density at radius 2 is 1.73 bits per heavy atom. The summed E-state index contributed by atoms with van der Waals surface area (Å²) in [4.78, 5) is 0. The second kappa shape index (κ2) is 4.70. The number of halogens is 2. The molecule has 0 heterocycles. The molecule has 1 rings (SSSR count). The molecule has 0 aliphatic carbocycles. The first-order valence-electron chi connectivity index (χ1n) is 4.10. The van der Waals surface area contributed by atoms with Gasteiger partial charge in [0.1, 0.15) is 9.84 Å². The van der Waals surface area contributed by atoms with Crippen LogP contribution >= 0.6 is 23.2 Å². The molecule has 0 bridgehead atoms. The molecule has 1 unspecified atom stereocenters. The topological polar surface area (TPSA) is 54.4 Å². The third-order valence-electron chi connectivity index (χ3n) is 1.73. The first kappa shape index (κ1) is 12.8. The number of benzene rings is 1. The number of hydrogen-bond donors (Lipinski definition) is 1. The Bertz CT molecular complexity index is 436. The van der Waals surface area contributed by atoms with Gasteiger partial charge in [0.25, 0.3) is 0 Å². The van der Waals surface area contributed by atoms with Crippen LogP contribution < -0.4 is 0 Å². The molecule has 0 radical (unpaired) electrons. The van der Waals surface area contributed by atoms with Crippen LogP contribution in [-0.2, 0) is 9.84 Å². The number of hydrogen-bond acceptors (Lipinski definition) is 3. The molecule has 0 aliphatic rings. The normalized spacial score (nSPS) is 13.9. The number of rotatable bonds is 3. The highest BCUT2D eigenvalue weighted by Gasteiger charge is 2.15. The van der Waals surface area contributed by atoms with Gasteiger partial charge in [-0.3, -0.25) is 0 Å². The van der Waals surface area contributed by atoms with Crippen molar-refractivity contribution in [2.75, 3.05) is 12.0 Å². The lowest BCUT2D eigenvalue weighted by molar-refractivity contribution is 0.202. The third kappa shape index (κ3) is 4.38. The summed E-state index contributed by atoms with van der Waals surface area (Å²) in [6, 6.07) is 4.49. The molecule has 1 aromatic carbocycles. The van der Waals surface area contributed by atoms with E-state index in [2.05, 4.69) is 0 Å². The van der Waals surface area contributed by atoms with E-state index >= 15 is 0 Å². The zero-order valence-corrected chi connectivity index (χ0v) is 10.3. The molecule has 0 aliphatic heterocycles. The van der Waals surface area contributed by atoms with E-state index in [4.69, 9.17) is 23.2 Å². The summed E-state index contributed by atoms with van der Waals surface area (Å²) in [5.74, 6) is -0.344. The van der Waals surface area contributed by atoms with Crippen molar-refractivity contribution in [1.29, 1.82) is 0 Å². The number of sulfone groups is 1. The minimum absolute atomic E-state index is 0.344. The van der Waals surface area contributed by atoms with E-state index in [0.29, 0.717) is 15.6 Å². The van der Waals surface area contributed by atoms with Gasteiger partial charge >= 0.3 is 0 Å². The van der Waals surface area contributed by atoms with Crippen molar-refractivity contribution in [2.24, 2.45) is 0 Å². The number of aliphatic hydroxyl groups excluding tert-OH is 1. The van der Waals surface area contributed by atoms with Crippen LogP contribution in [-0.4, -0.2) is 25.5 Å². The molecule has 0 spiro atoms. The van der Waals surface area contributed by atoms with Crippen molar-refractivity contribution in [3.63, 3.8) is 0 Å². The first-order valence-corrected chi connectivity index (χ1v) is 6.91. The van der Waals surface area contributed by atoms with Crippen LogP contribution in [0.2, 0.25) is 10.0 Å². The molecule has 0 aromatic heterocycles. The van der Waals surface area contributed by atoms with Gasteiger partial charge in [-0.1, -0.05) is 23.2 Å². The quantitative estimate of drug-likeness (QED) is 0.913. The Morgan fingerprint density at radius 1 is 1.27 bits per heavy atom. The molecule has 15 heavy (non-hydrogen) atoms. The SMILES string of the molecule is CS(=O)(=O)CC(O)c1cc(Cl)cc(Cl)c1. The van der Waals surface area contributed by atoms with E-state index in [1.807, 2.05) is 0 Å². The third-order valence-corrected chi connectivity index (χ3v) is 3.09. The van der Waals surface area contributed by atoms with Crippen LogP contribution in [0, 0.1) is 0 Å². The minimum Gasteiger partial charge on any atom is -0.387 e. The van der Waals surface area contributed by atoms with Gasteiger partial charge < -0.3 is 5.11 Å². The maximum Gasteiger partial charge on any atom is 0.150 e. The van der Waals surface area contributed by atoms with Gasteiger partial charge in [-0.25, -0.2) is 8.42 Å². The molecule has 0 fully saturated rings. The zero-order valence-electron chi connectivity index (χ0n) is 7.94. The first-order chi connectivity index (χ1) is 6.78. The molecule has 0 saturated heterocycles. The van der Waals surface area contributed by atoms with Gasteiger partial charge in [0.2, 0.25) is 0 Å². The molecule has 1 atom stereocenters. The molecule has 1 N–H and O–H groups in total. The summed E-state index contributed by atoms with van der Waals surface area (Å²) in [5.41, 5.74) is 0.401. The number of aliphatic hydroxyl groups is 1. The van der Waals surface area contributed by atoms with E-state index in [1.165, 1.54) is 18.2 Å². The second-order valence-electron chi connectivity index (χ2n) is 3.31. The van der Waals surface area contributed by atoms with Crippen molar-refractivity contribution >= 4 is 33.0 Å². The fourth-order valence-corrected chi connectivity index (χ4v) is 2.46. The predicted molar refractivity (Wildman–Crippen MR) is 61.1 cm³/mol. The summed E-state index contributed by atoms with van der Waals surface area (Å²) in [6.45, 7) is 0. The van der Waals surface area contributed by atoms with E-state index in [-0.39, 0.29) is 5.75 Å².